The van der Waals surface area contributed by atoms with Gasteiger partial charge >= 0.3 is 5.97 Å². The summed E-state index contributed by atoms with van der Waals surface area (Å²) >= 11 is 0. The quantitative estimate of drug-likeness (QED) is 0.619. The fraction of sp³-hybridized carbons (Fsp3) is 0.333. The smallest absolute Gasteiger partial charge is 0.328 e. The molecule has 162 valence electrons. The summed E-state index contributed by atoms with van der Waals surface area (Å²) in [4.78, 5) is 24.3. The van der Waals surface area contributed by atoms with Gasteiger partial charge in [-0.05, 0) is 55.2 Å². The van der Waals surface area contributed by atoms with Crippen LogP contribution >= 0.6 is 0 Å². The molecule has 0 aliphatic heterocycles. The second-order valence-electron chi connectivity index (χ2n) is 7.28. The van der Waals surface area contributed by atoms with E-state index in [-0.39, 0.29) is 22.1 Å². The van der Waals surface area contributed by atoms with Crippen LogP contribution in [0.15, 0.2) is 47.4 Å². The van der Waals surface area contributed by atoms with E-state index in [1.165, 1.54) is 50.4 Å². The number of methoxy groups -OCH3 is 1. The first-order valence-corrected chi connectivity index (χ1v) is 10.8. The summed E-state index contributed by atoms with van der Waals surface area (Å²) in [6, 6.07) is 8.56. The monoisotopic (exact) mass is 436 g/mol. The van der Waals surface area contributed by atoms with E-state index in [0.717, 1.165) is 6.07 Å². The Hall–Kier alpha value is -2.94. The molecule has 30 heavy (non-hydrogen) atoms. The molecule has 0 aliphatic rings. The molecule has 0 saturated heterocycles. The number of carbonyl (C=O) groups excluding carboxylic acids is 2. The third-order valence-corrected chi connectivity index (χ3v) is 5.71. The molecule has 0 aliphatic carbocycles. The second-order valence-corrected chi connectivity index (χ2v) is 8.96. The minimum Gasteiger partial charge on any atom is -0.467 e. The lowest BCUT2D eigenvalue weighted by molar-refractivity contribution is -0.143. The lowest BCUT2D eigenvalue weighted by Crippen LogP contribution is -2.42. The molecule has 0 bridgehead atoms. The minimum absolute atomic E-state index is 0.127. The van der Waals surface area contributed by atoms with Crippen molar-refractivity contribution in [3.8, 4) is 0 Å². The predicted octanol–water partition coefficient (Wildman–Crippen LogP) is 3.25. The van der Waals surface area contributed by atoms with Gasteiger partial charge in [-0.1, -0.05) is 26.0 Å². The van der Waals surface area contributed by atoms with Gasteiger partial charge < -0.3 is 10.1 Å². The van der Waals surface area contributed by atoms with E-state index < -0.39 is 33.8 Å². The molecule has 2 rings (SSSR count). The molecule has 2 N–H and O–H groups in total. The number of anilines is 1. The Morgan fingerprint density at radius 3 is 2.43 bits per heavy atom. The number of halogens is 1. The lowest BCUT2D eigenvalue weighted by Gasteiger charge is -2.18. The number of nitrogens with one attached hydrogen (secondary N) is 2. The van der Waals surface area contributed by atoms with Crippen molar-refractivity contribution in [2.75, 3.05) is 11.8 Å². The first-order valence-electron chi connectivity index (χ1n) is 9.31. The van der Waals surface area contributed by atoms with Gasteiger partial charge in [0.05, 0.1) is 12.0 Å². The Balaban J connectivity index is 2.21. The number of amides is 1. The average molecular weight is 437 g/mol. The third kappa shape index (κ3) is 6.03. The van der Waals surface area contributed by atoms with Gasteiger partial charge in [0, 0.05) is 11.3 Å². The van der Waals surface area contributed by atoms with E-state index in [4.69, 9.17) is 4.74 Å². The molecule has 2 aromatic rings. The van der Waals surface area contributed by atoms with Crippen LogP contribution in [0.4, 0.5) is 10.1 Å². The van der Waals surface area contributed by atoms with Crippen molar-refractivity contribution >= 4 is 27.6 Å². The van der Waals surface area contributed by atoms with Crippen molar-refractivity contribution in [1.82, 2.24) is 5.32 Å². The van der Waals surface area contributed by atoms with Crippen molar-refractivity contribution in [3.05, 3.63) is 59.4 Å². The summed E-state index contributed by atoms with van der Waals surface area (Å²) in [7, 11) is -2.81. The maximum atomic E-state index is 13.7. The number of benzene rings is 2. The Labute approximate surface area is 175 Å². The first-order chi connectivity index (χ1) is 14.0. The summed E-state index contributed by atoms with van der Waals surface area (Å²) < 4.78 is 45.9. The number of sulfonamides is 1. The normalized spacial score (nSPS) is 12.3. The maximum absolute atomic E-state index is 13.7. The standard InChI is InChI=1S/C21H25FN2O5S/c1-13(2)10-19(21(26)29-4)23-20(25)15-6-5-7-16(11-15)24-30(27,28)17-9-8-14(3)18(22)12-17/h5-9,11-13,19,24H,10H2,1-4H3,(H,23,25). The molecular formula is C21H25FN2O5S. The van der Waals surface area contributed by atoms with E-state index in [1.807, 2.05) is 13.8 Å². The van der Waals surface area contributed by atoms with Crippen LogP contribution in [0.25, 0.3) is 0 Å². The molecule has 0 saturated carbocycles. The fourth-order valence-electron chi connectivity index (χ4n) is 2.75. The Kier molecular flexibility index (Phi) is 7.55. The third-order valence-electron chi connectivity index (χ3n) is 4.33. The molecule has 1 atom stereocenters. The van der Waals surface area contributed by atoms with Crippen molar-refractivity contribution in [2.45, 2.75) is 38.1 Å². The van der Waals surface area contributed by atoms with Crippen LogP contribution in [0.5, 0.6) is 0 Å². The summed E-state index contributed by atoms with van der Waals surface area (Å²) in [6.07, 6.45) is 0.393. The van der Waals surface area contributed by atoms with Crippen molar-refractivity contribution in [1.29, 1.82) is 0 Å². The number of carbonyl (C=O) groups is 2. The molecule has 2 aromatic carbocycles. The highest BCUT2D eigenvalue weighted by atomic mass is 32.2. The molecule has 0 heterocycles. The van der Waals surface area contributed by atoms with E-state index in [2.05, 4.69) is 10.0 Å². The molecule has 0 fully saturated rings. The molecule has 0 aromatic heterocycles. The highest BCUT2D eigenvalue weighted by molar-refractivity contribution is 7.92. The van der Waals surface area contributed by atoms with Crippen molar-refractivity contribution in [3.63, 3.8) is 0 Å². The zero-order valence-electron chi connectivity index (χ0n) is 17.2. The van der Waals surface area contributed by atoms with Gasteiger partial charge in [-0.2, -0.15) is 0 Å². The van der Waals surface area contributed by atoms with Crippen LogP contribution in [0, 0.1) is 18.7 Å². The molecule has 1 unspecified atom stereocenters. The van der Waals surface area contributed by atoms with Gasteiger partial charge in [0.2, 0.25) is 0 Å². The number of ether oxygens (including phenoxy) is 1. The van der Waals surface area contributed by atoms with Crippen LogP contribution in [-0.4, -0.2) is 33.4 Å². The predicted molar refractivity (Wildman–Crippen MR) is 111 cm³/mol. The highest BCUT2D eigenvalue weighted by Crippen LogP contribution is 2.19. The lowest BCUT2D eigenvalue weighted by atomic mass is 10.0. The number of hydrogen-bond donors (Lipinski definition) is 2. The largest absolute Gasteiger partial charge is 0.467 e. The molecule has 9 heteroatoms. The van der Waals surface area contributed by atoms with E-state index in [0.29, 0.717) is 12.0 Å². The van der Waals surface area contributed by atoms with Crippen LogP contribution in [0.3, 0.4) is 0 Å². The fourth-order valence-corrected chi connectivity index (χ4v) is 3.81. The van der Waals surface area contributed by atoms with E-state index in [1.54, 1.807) is 0 Å². The zero-order valence-corrected chi connectivity index (χ0v) is 18.0. The molecular weight excluding hydrogens is 411 g/mol. The first kappa shape index (κ1) is 23.3. The van der Waals surface area contributed by atoms with Crippen LogP contribution < -0.4 is 10.0 Å². The van der Waals surface area contributed by atoms with Gasteiger partial charge in [-0.25, -0.2) is 17.6 Å². The maximum Gasteiger partial charge on any atom is 0.328 e. The second kappa shape index (κ2) is 9.71. The van der Waals surface area contributed by atoms with Crippen molar-refractivity contribution < 1.29 is 27.1 Å². The average Bonchev–Trinajstić information content (AvgIpc) is 2.68. The van der Waals surface area contributed by atoms with Crippen LogP contribution in [0.2, 0.25) is 0 Å². The Bertz CT molecular complexity index is 1040. The van der Waals surface area contributed by atoms with Gasteiger partial charge in [0.1, 0.15) is 11.9 Å². The summed E-state index contributed by atoms with van der Waals surface area (Å²) in [5.74, 6) is -1.60. The van der Waals surface area contributed by atoms with Gasteiger partial charge in [-0.3, -0.25) is 9.52 Å². The topological polar surface area (TPSA) is 102 Å². The molecule has 1 amide bonds. The van der Waals surface area contributed by atoms with Crippen LogP contribution in [-0.2, 0) is 19.6 Å². The van der Waals surface area contributed by atoms with Crippen LogP contribution in [0.1, 0.15) is 36.2 Å². The summed E-state index contributed by atoms with van der Waals surface area (Å²) in [5, 5.41) is 2.61. The zero-order chi connectivity index (χ0) is 22.5. The Morgan fingerprint density at radius 1 is 1.13 bits per heavy atom. The van der Waals surface area contributed by atoms with Gasteiger partial charge in [-0.15, -0.1) is 0 Å². The highest BCUT2D eigenvalue weighted by Gasteiger charge is 2.23. The molecule has 7 nitrogen and oxygen atoms in total. The SMILES string of the molecule is COC(=O)C(CC(C)C)NC(=O)c1cccc(NS(=O)(=O)c2ccc(C)c(F)c2)c1. The van der Waals surface area contributed by atoms with E-state index >= 15 is 0 Å². The molecule has 0 radical (unpaired) electrons. The van der Waals surface area contributed by atoms with Crippen molar-refractivity contribution in [2.24, 2.45) is 5.92 Å². The number of rotatable bonds is 8. The van der Waals surface area contributed by atoms with Gasteiger partial charge in [0.15, 0.2) is 0 Å². The number of hydrogen-bond acceptors (Lipinski definition) is 5. The summed E-state index contributed by atoms with van der Waals surface area (Å²) in [6.45, 7) is 5.35. The number of esters is 1. The Morgan fingerprint density at radius 2 is 1.83 bits per heavy atom. The number of aryl methyl sites for hydroxylation is 1. The molecule has 0 spiro atoms. The van der Waals surface area contributed by atoms with E-state index in [9.17, 15) is 22.4 Å². The van der Waals surface area contributed by atoms with Gasteiger partial charge in [0.25, 0.3) is 15.9 Å². The summed E-state index contributed by atoms with van der Waals surface area (Å²) in [5.41, 5.74) is 0.610. The minimum atomic E-state index is -4.05.